The van der Waals surface area contributed by atoms with Crippen LogP contribution in [0.2, 0.25) is 5.02 Å². The van der Waals surface area contributed by atoms with Crippen molar-refractivity contribution in [2.24, 2.45) is 0 Å². The number of rotatable bonds is 2. The van der Waals surface area contributed by atoms with Gasteiger partial charge in [0.05, 0.1) is 18.3 Å². The highest BCUT2D eigenvalue weighted by atomic mass is 35.5. The van der Waals surface area contributed by atoms with Crippen molar-refractivity contribution >= 4 is 28.3 Å². The number of imidazole rings is 1. The number of halogens is 1. The molecular formula is C14H12ClN3O. The SMILES string of the molecule is COc1cccc(-c2nc3c(N)cc(Cl)cc3[nH]2)c1. The molecule has 3 aromatic rings. The average Bonchev–Trinajstić information content (AvgIpc) is 2.83. The largest absolute Gasteiger partial charge is 0.497 e. The van der Waals surface area contributed by atoms with Crippen LogP contribution < -0.4 is 10.5 Å². The number of benzene rings is 2. The second kappa shape index (κ2) is 4.48. The molecule has 5 heteroatoms. The third kappa shape index (κ3) is 2.11. The van der Waals surface area contributed by atoms with E-state index >= 15 is 0 Å². The van der Waals surface area contributed by atoms with Gasteiger partial charge < -0.3 is 15.5 Å². The Morgan fingerprint density at radius 2 is 2.11 bits per heavy atom. The first kappa shape index (κ1) is 11.9. The molecular weight excluding hydrogens is 262 g/mol. The van der Waals surface area contributed by atoms with Crippen molar-refractivity contribution in [2.75, 3.05) is 12.8 Å². The van der Waals surface area contributed by atoms with Crippen LogP contribution >= 0.6 is 11.6 Å². The summed E-state index contributed by atoms with van der Waals surface area (Å²) in [4.78, 5) is 7.72. The van der Waals surface area contributed by atoms with Gasteiger partial charge in [0, 0.05) is 10.6 Å². The molecule has 96 valence electrons. The van der Waals surface area contributed by atoms with Crippen molar-refractivity contribution in [1.29, 1.82) is 0 Å². The summed E-state index contributed by atoms with van der Waals surface area (Å²) in [5.74, 6) is 1.52. The maximum Gasteiger partial charge on any atom is 0.138 e. The molecule has 3 N–H and O–H groups in total. The zero-order chi connectivity index (χ0) is 13.4. The Balaban J connectivity index is 2.17. The first-order valence-electron chi connectivity index (χ1n) is 5.76. The first-order valence-corrected chi connectivity index (χ1v) is 6.14. The van der Waals surface area contributed by atoms with Crippen molar-refractivity contribution < 1.29 is 4.74 Å². The molecule has 0 bridgehead atoms. The summed E-state index contributed by atoms with van der Waals surface area (Å²) in [5, 5.41) is 0.589. The van der Waals surface area contributed by atoms with Gasteiger partial charge in [0.15, 0.2) is 0 Å². The predicted molar refractivity (Wildman–Crippen MR) is 77.5 cm³/mol. The minimum absolute atomic E-state index is 0.563. The Kier molecular flexibility index (Phi) is 2.80. The molecule has 0 spiro atoms. The van der Waals surface area contributed by atoms with E-state index in [-0.39, 0.29) is 0 Å². The maximum absolute atomic E-state index is 5.98. The number of hydrogen-bond acceptors (Lipinski definition) is 3. The molecule has 2 aromatic carbocycles. The van der Waals surface area contributed by atoms with E-state index in [4.69, 9.17) is 22.1 Å². The van der Waals surface area contributed by atoms with Crippen LogP contribution in [0, 0.1) is 0 Å². The molecule has 19 heavy (non-hydrogen) atoms. The number of anilines is 1. The second-order valence-electron chi connectivity index (χ2n) is 4.21. The van der Waals surface area contributed by atoms with Gasteiger partial charge in [-0.25, -0.2) is 4.98 Å². The molecule has 1 heterocycles. The predicted octanol–water partition coefficient (Wildman–Crippen LogP) is 3.47. The maximum atomic E-state index is 5.98. The van der Waals surface area contributed by atoms with Crippen molar-refractivity contribution in [3.8, 4) is 17.1 Å². The van der Waals surface area contributed by atoms with E-state index in [2.05, 4.69) is 9.97 Å². The Morgan fingerprint density at radius 3 is 2.89 bits per heavy atom. The Morgan fingerprint density at radius 1 is 1.26 bits per heavy atom. The number of methoxy groups -OCH3 is 1. The highest BCUT2D eigenvalue weighted by molar-refractivity contribution is 6.31. The average molecular weight is 274 g/mol. The van der Waals surface area contributed by atoms with Crippen LogP contribution in [0.25, 0.3) is 22.4 Å². The molecule has 0 radical (unpaired) electrons. The standard InChI is InChI=1S/C14H12ClN3O/c1-19-10-4-2-3-8(5-10)14-17-12-7-9(15)6-11(16)13(12)18-14/h2-7H,16H2,1H3,(H,17,18). The fraction of sp³-hybridized carbons (Fsp3) is 0.0714. The summed E-state index contributed by atoms with van der Waals surface area (Å²) in [6.45, 7) is 0. The van der Waals surface area contributed by atoms with Gasteiger partial charge >= 0.3 is 0 Å². The van der Waals surface area contributed by atoms with Crippen molar-refractivity contribution in [3.63, 3.8) is 0 Å². The number of nitrogens with zero attached hydrogens (tertiary/aromatic N) is 1. The van der Waals surface area contributed by atoms with Gasteiger partial charge in [-0.05, 0) is 24.3 Å². The van der Waals surface area contributed by atoms with Crippen LogP contribution in [0.15, 0.2) is 36.4 Å². The molecule has 1 aromatic heterocycles. The number of fused-ring (bicyclic) bond motifs is 1. The molecule has 0 aliphatic carbocycles. The smallest absolute Gasteiger partial charge is 0.138 e. The molecule has 0 atom stereocenters. The highest BCUT2D eigenvalue weighted by Crippen LogP contribution is 2.28. The van der Waals surface area contributed by atoms with Gasteiger partial charge in [-0.2, -0.15) is 0 Å². The Labute approximate surface area is 115 Å². The van der Waals surface area contributed by atoms with E-state index in [1.54, 1.807) is 13.2 Å². The van der Waals surface area contributed by atoms with Crippen LogP contribution in [-0.2, 0) is 0 Å². The normalized spacial score (nSPS) is 10.8. The molecule has 0 saturated carbocycles. The number of nitrogens with one attached hydrogen (secondary N) is 1. The summed E-state index contributed by atoms with van der Waals surface area (Å²) in [7, 11) is 1.63. The summed E-state index contributed by atoms with van der Waals surface area (Å²) in [5.41, 5.74) is 8.96. The monoisotopic (exact) mass is 273 g/mol. The highest BCUT2D eigenvalue weighted by Gasteiger charge is 2.09. The van der Waals surface area contributed by atoms with Gasteiger partial charge in [0.25, 0.3) is 0 Å². The molecule has 0 unspecified atom stereocenters. The number of aromatic amines is 1. The lowest BCUT2D eigenvalue weighted by atomic mass is 10.2. The summed E-state index contributed by atoms with van der Waals surface area (Å²) >= 11 is 5.98. The van der Waals surface area contributed by atoms with Crippen molar-refractivity contribution in [1.82, 2.24) is 9.97 Å². The molecule has 0 aliphatic heterocycles. The second-order valence-corrected chi connectivity index (χ2v) is 4.64. The molecule has 0 aliphatic rings. The van der Waals surface area contributed by atoms with Crippen molar-refractivity contribution in [2.45, 2.75) is 0 Å². The van der Waals surface area contributed by atoms with E-state index in [1.165, 1.54) is 0 Å². The van der Waals surface area contributed by atoms with E-state index < -0.39 is 0 Å². The topological polar surface area (TPSA) is 63.9 Å². The number of ether oxygens (including phenoxy) is 1. The van der Waals surface area contributed by atoms with Gasteiger partial charge in [0.2, 0.25) is 0 Å². The van der Waals surface area contributed by atoms with Crippen LogP contribution in [0.1, 0.15) is 0 Å². The zero-order valence-electron chi connectivity index (χ0n) is 10.3. The molecule has 0 fully saturated rings. The minimum Gasteiger partial charge on any atom is -0.497 e. The lowest BCUT2D eigenvalue weighted by Gasteiger charge is -2.01. The molecule has 4 nitrogen and oxygen atoms in total. The van der Waals surface area contributed by atoms with E-state index in [9.17, 15) is 0 Å². The van der Waals surface area contributed by atoms with Gasteiger partial charge in [0.1, 0.15) is 17.1 Å². The quantitative estimate of drug-likeness (QED) is 0.703. The number of H-pyrrole nitrogens is 1. The Hall–Kier alpha value is -2.20. The molecule has 0 saturated heterocycles. The zero-order valence-corrected chi connectivity index (χ0v) is 11.0. The molecule has 3 rings (SSSR count). The van der Waals surface area contributed by atoms with Gasteiger partial charge in [-0.3, -0.25) is 0 Å². The van der Waals surface area contributed by atoms with Crippen LogP contribution in [0.3, 0.4) is 0 Å². The van der Waals surface area contributed by atoms with E-state index in [0.717, 1.165) is 28.2 Å². The summed E-state index contributed by atoms with van der Waals surface area (Å²) in [6, 6.07) is 11.2. The van der Waals surface area contributed by atoms with Crippen LogP contribution in [-0.4, -0.2) is 17.1 Å². The van der Waals surface area contributed by atoms with Crippen LogP contribution in [0.5, 0.6) is 5.75 Å². The van der Waals surface area contributed by atoms with E-state index in [1.807, 2.05) is 30.3 Å². The summed E-state index contributed by atoms with van der Waals surface area (Å²) < 4.78 is 5.21. The number of aromatic nitrogens is 2. The van der Waals surface area contributed by atoms with Crippen LogP contribution in [0.4, 0.5) is 5.69 Å². The number of nitrogens with two attached hydrogens (primary N) is 1. The van der Waals surface area contributed by atoms with Gasteiger partial charge in [-0.1, -0.05) is 23.7 Å². The minimum atomic E-state index is 0.563. The molecule has 0 amide bonds. The third-order valence-corrected chi connectivity index (χ3v) is 3.14. The van der Waals surface area contributed by atoms with Gasteiger partial charge in [-0.15, -0.1) is 0 Å². The van der Waals surface area contributed by atoms with E-state index in [0.29, 0.717) is 10.7 Å². The third-order valence-electron chi connectivity index (χ3n) is 2.92. The lowest BCUT2D eigenvalue weighted by molar-refractivity contribution is 0.415. The summed E-state index contributed by atoms with van der Waals surface area (Å²) in [6.07, 6.45) is 0. The number of nitrogen functional groups attached to an aromatic ring is 1. The number of hydrogen-bond donors (Lipinski definition) is 2. The van der Waals surface area contributed by atoms with Crippen molar-refractivity contribution in [3.05, 3.63) is 41.4 Å². The first-order chi connectivity index (χ1) is 9.17. The lowest BCUT2D eigenvalue weighted by Crippen LogP contribution is -1.86. The fourth-order valence-electron chi connectivity index (χ4n) is 2.01. The Bertz CT molecular complexity index is 752. The fourth-order valence-corrected chi connectivity index (χ4v) is 2.24.